The summed E-state index contributed by atoms with van der Waals surface area (Å²) in [6.45, 7) is 0. The number of nitrogens with two attached hydrogens (primary N) is 1. The fourth-order valence-corrected chi connectivity index (χ4v) is 1.62. The molecule has 0 radical (unpaired) electrons. The zero-order chi connectivity index (χ0) is 10.9. The molecule has 76 valence electrons. The van der Waals surface area contributed by atoms with Crippen molar-refractivity contribution in [2.24, 2.45) is 5.73 Å². The van der Waals surface area contributed by atoms with Gasteiger partial charge in [-0.3, -0.25) is 9.78 Å². The highest BCUT2D eigenvalue weighted by atomic mass is 127. The Hall–Kier alpha value is -0.860. The molecule has 0 fully saturated rings. The van der Waals surface area contributed by atoms with Gasteiger partial charge >= 0.3 is 6.18 Å². The summed E-state index contributed by atoms with van der Waals surface area (Å²) in [5.74, 6) is -1.11. The van der Waals surface area contributed by atoms with Gasteiger partial charge in [-0.2, -0.15) is 13.2 Å². The first kappa shape index (κ1) is 11.2. The zero-order valence-electron chi connectivity index (χ0n) is 6.60. The fraction of sp³-hybridized carbons (Fsp3) is 0.143. The van der Waals surface area contributed by atoms with Crippen molar-refractivity contribution in [1.29, 1.82) is 0 Å². The summed E-state index contributed by atoms with van der Waals surface area (Å²) in [7, 11) is 0. The summed E-state index contributed by atoms with van der Waals surface area (Å²) in [6, 6.07) is 0. The maximum absolute atomic E-state index is 12.3. The lowest BCUT2D eigenvalue weighted by Crippen LogP contribution is -2.20. The lowest BCUT2D eigenvalue weighted by Gasteiger charge is -2.10. The van der Waals surface area contributed by atoms with Gasteiger partial charge in [0, 0.05) is 16.0 Å². The van der Waals surface area contributed by atoms with Crippen LogP contribution < -0.4 is 5.73 Å². The molecule has 7 heteroatoms. The second-order valence-corrected chi connectivity index (χ2v) is 3.57. The molecule has 0 aliphatic rings. The van der Waals surface area contributed by atoms with E-state index in [4.69, 9.17) is 5.73 Å². The van der Waals surface area contributed by atoms with Gasteiger partial charge in [0.1, 0.15) is 0 Å². The standard InChI is InChI=1S/C7H4F3IN2O/c8-7(9,10)3-1-13-2-4(11)5(3)6(12)14/h1-2H,(H2,12,14). The lowest BCUT2D eigenvalue weighted by molar-refractivity contribution is -0.138. The van der Waals surface area contributed by atoms with Crippen molar-refractivity contribution in [3.63, 3.8) is 0 Å². The third-order valence-corrected chi connectivity index (χ3v) is 2.27. The molecule has 0 saturated heterocycles. The number of aromatic nitrogens is 1. The van der Waals surface area contributed by atoms with E-state index in [9.17, 15) is 18.0 Å². The lowest BCUT2D eigenvalue weighted by atomic mass is 10.1. The van der Waals surface area contributed by atoms with Crippen LogP contribution in [0.4, 0.5) is 13.2 Å². The molecule has 0 aliphatic heterocycles. The van der Waals surface area contributed by atoms with E-state index in [1.54, 1.807) is 22.6 Å². The predicted octanol–water partition coefficient (Wildman–Crippen LogP) is 1.80. The van der Waals surface area contributed by atoms with Gasteiger partial charge in [-0.15, -0.1) is 0 Å². The number of pyridine rings is 1. The minimum absolute atomic E-state index is 0.0879. The van der Waals surface area contributed by atoms with E-state index in [0.29, 0.717) is 6.20 Å². The van der Waals surface area contributed by atoms with Crippen LogP contribution in [-0.4, -0.2) is 10.9 Å². The van der Waals surface area contributed by atoms with Gasteiger partial charge in [0.2, 0.25) is 0 Å². The third-order valence-electron chi connectivity index (χ3n) is 1.45. The van der Waals surface area contributed by atoms with E-state index in [-0.39, 0.29) is 3.57 Å². The number of carbonyl (C=O) groups excluding carboxylic acids is 1. The van der Waals surface area contributed by atoms with Crippen LogP contribution in [0, 0.1) is 3.57 Å². The number of amides is 1. The Morgan fingerprint density at radius 3 is 2.36 bits per heavy atom. The van der Waals surface area contributed by atoms with Gasteiger partial charge in [0.25, 0.3) is 5.91 Å². The molecule has 14 heavy (non-hydrogen) atoms. The number of halogens is 4. The van der Waals surface area contributed by atoms with Gasteiger partial charge in [-0.05, 0) is 22.6 Å². The SMILES string of the molecule is NC(=O)c1c(I)cncc1C(F)(F)F. The van der Waals surface area contributed by atoms with E-state index in [1.807, 2.05) is 0 Å². The molecule has 2 N–H and O–H groups in total. The average Bonchev–Trinajstić information content (AvgIpc) is 2.01. The van der Waals surface area contributed by atoms with Gasteiger partial charge in [-0.25, -0.2) is 0 Å². The van der Waals surface area contributed by atoms with Crippen LogP contribution in [0.15, 0.2) is 12.4 Å². The summed E-state index contributed by atoms with van der Waals surface area (Å²) in [5, 5.41) is 0. The third kappa shape index (κ3) is 2.14. The second kappa shape index (κ2) is 3.71. The summed E-state index contributed by atoms with van der Waals surface area (Å²) in [4.78, 5) is 14.1. The van der Waals surface area contributed by atoms with Gasteiger partial charge in [-0.1, -0.05) is 0 Å². The van der Waals surface area contributed by atoms with E-state index < -0.39 is 23.2 Å². The average molecular weight is 316 g/mol. The molecule has 0 spiro atoms. The van der Waals surface area contributed by atoms with Gasteiger partial charge in [0.15, 0.2) is 0 Å². The highest BCUT2D eigenvalue weighted by Gasteiger charge is 2.36. The number of hydrogen-bond acceptors (Lipinski definition) is 2. The van der Waals surface area contributed by atoms with Gasteiger partial charge in [0.05, 0.1) is 11.1 Å². The molecule has 1 amide bonds. The molecule has 0 bridgehead atoms. The first-order valence-electron chi connectivity index (χ1n) is 3.34. The van der Waals surface area contributed by atoms with Gasteiger partial charge < -0.3 is 5.73 Å². The van der Waals surface area contributed by atoms with E-state index >= 15 is 0 Å². The second-order valence-electron chi connectivity index (χ2n) is 2.41. The van der Waals surface area contributed by atoms with E-state index in [2.05, 4.69) is 4.98 Å². The minimum Gasteiger partial charge on any atom is -0.366 e. The number of hydrogen-bond donors (Lipinski definition) is 1. The van der Waals surface area contributed by atoms with Crippen LogP contribution in [0.1, 0.15) is 15.9 Å². The molecule has 0 saturated carbocycles. The number of nitrogens with zero attached hydrogens (tertiary/aromatic N) is 1. The summed E-state index contributed by atoms with van der Waals surface area (Å²) >= 11 is 1.58. The first-order valence-corrected chi connectivity index (χ1v) is 4.42. The topological polar surface area (TPSA) is 56.0 Å². The Morgan fingerprint density at radius 2 is 2.00 bits per heavy atom. The van der Waals surface area contributed by atoms with Crippen molar-refractivity contribution in [2.45, 2.75) is 6.18 Å². The smallest absolute Gasteiger partial charge is 0.366 e. The Labute approximate surface area is 90.6 Å². The number of alkyl halides is 3. The normalized spacial score (nSPS) is 11.4. The summed E-state index contributed by atoms with van der Waals surface area (Å²) < 4.78 is 37.1. The molecular weight excluding hydrogens is 312 g/mol. The largest absolute Gasteiger partial charge is 0.418 e. The number of primary amides is 1. The zero-order valence-corrected chi connectivity index (χ0v) is 8.76. The molecule has 0 aromatic carbocycles. The minimum atomic E-state index is -4.61. The maximum atomic E-state index is 12.3. The monoisotopic (exact) mass is 316 g/mol. The van der Waals surface area contributed by atoms with Crippen molar-refractivity contribution in [3.05, 3.63) is 27.1 Å². The Kier molecular flexibility index (Phi) is 2.98. The van der Waals surface area contributed by atoms with E-state index in [1.165, 1.54) is 0 Å². The van der Waals surface area contributed by atoms with Crippen LogP contribution >= 0.6 is 22.6 Å². The van der Waals surface area contributed by atoms with Crippen molar-refractivity contribution in [3.8, 4) is 0 Å². The predicted molar refractivity (Wildman–Crippen MR) is 50.5 cm³/mol. The van der Waals surface area contributed by atoms with Crippen LogP contribution in [0.5, 0.6) is 0 Å². The van der Waals surface area contributed by atoms with Crippen molar-refractivity contribution in [1.82, 2.24) is 4.98 Å². The summed E-state index contributed by atoms with van der Waals surface area (Å²) in [5.41, 5.74) is 3.21. The van der Waals surface area contributed by atoms with Crippen molar-refractivity contribution < 1.29 is 18.0 Å². The number of carbonyl (C=O) groups is 1. The molecule has 0 aliphatic carbocycles. The highest BCUT2D eigenvalue weighted by Crippen LogP contribution is 2.32. The molecular formula is C7H4F3IN2O. The molecule has 0 atom stereocenters. The molecule has 0 unspecified atom stereocenters. The Bertz CT molecular complexity index is 378. The number of rotatable bonds is 1. The quantitative estimate of drug-likeness (QED) is 0.803. The van der Waals surface area contributed by atoms with Crippen molar-refractivity contribution in [2.75, 3.05) is 0 Å². The first-order chi connectivity index (χ1) is 6.34. The fourth-order valence-electron chi connectivity index (χ4n) is 0.900. The molecule has 1 heterocycles. The van der Waals surface area contributed by atoms with Crippen LogP contribution in [0.2, 0.25) is 0 Å². The summed E-state index contributed by atoms with van der Waals surface area (Å²) in [6.07, 6.45) is -2.88. The molecule has 1 rings (SSSR count). The Balaban J connectivity index is 3.44. The van der Waals surface area contributed by atoms with Crippen LogP contribution in [0.3, 0.4) is 0 Å². The van der Waals surface area contributed by atoms with Crippen LogP contribution in [-0.2, 0) is 6.18 Å². The molecule has 3 nitrogen and oxygen atoms in total. The Morgan fingerprint density at radius 1 is 1.43 bits per heavy atom. The highest BCUT2D eigenvalue weighted by molar-refractivity contribution is 14.1. The van der Waals surface area contributed by atoms with Crippen LogP contribution in [0.25, 0.3) is 0 Å². The molecule has 1 aromatic heterocycles. The maximum Gasteiger partial charge on any atom is 0.418 e. The van der Waals surface area contributed by atoms with E-state index in [0.717, 1.165) is 6.20 Å². The van der Waals surface area contributed by atoms with Crippen molar-refractivity contribution >= 4 is 28.5 Å². The molecule has 1 aromatic rings.